The molecule has 0 bridgehead atoms. The zero-order valence-electron chi connectivity index (χ0n) is 13.1. The predicted octanol–water partition coefficient (Wildman–Crippen LogP) is 0.714. The van der Waals surface area contributed by atoms with Gasteiger partial charge in [0.05, 0.1) is 0 Å². The van der Waals surface area contributed by atoms with Gasteiger partial charge in [0, 0.05) is 38.3 Å². The molecule has 1 aromatic carbocycles. The molecule has 1 aliphatic heterocycles. The van der Waals surface area contributed by atoms with Crippen molar-refractivity contribution in [2.24, 2.45) is 0 Å². The second-order valence-electron chi connectivity index (χ2n) is 5.35. The number of nitrogens with one attached hydrogen (secondary N) is 1. The summed E-state index contributed by atoms with van der Waals surface area (Å²) in [6.45, 7) is 5.39. The zero-order chi connectivity index (χ0) is 15.9. The molecule has 2 amide bonds. The Morgan fingerprint density at radius 3 is 2.36 bits per heavy atom. The molecule has 1 aromatic rings. The van der Waals surface area contributed by atoms with E-state index in [1.807, 2.05) is 29.2 Å². The molecule has 0 atom stereocenters. The lowest BCUT2D eigenvalue weighted by molar-refractivity contribution is -0.115. The van der Waals surface area contributed by atoms with E-state index in [-0.39, 0.29) is 11.8 Å². The van der Waals surface area contributed by atoms with Crippen LogP contribution in [0.25, 0.3) is 0 Å². The molecule has 1 N–H and O–H groups in total. The minimum atomic E-state index is -0.292. The Morgan fingerprint density at radius 2 is 1.77 bits per heavy atom. The number of hydrogen-bond donors (Lipinski definition) is 1. The van der Waals surface area contributed by atoms with Gasteiger partial charge in [0.15, 0.2) is 0 Å². The quantitative estimate of drug-likeness (QED) is 0.837. The van der Waals surface area contributed by atoms with Gasteiger partial charge in [-0.05, 0) is 37.6 Å². The minimum absolute atomic E-state index is 0.0699. The summed E-state index contributed by atoms with van der Waals surface area (Å²) in [6, 6.07) is 7.35. The first kappa shape index (κ1) is 16.1. The lowest BCUT2D eigenvalue weighted by Gasteiger charge is -2.32. The predicted molar refractivity (Wildman–Crippen MR) is 85.1 cm³/mol. The van der Waals surface area contributed by atoms with Crippen LogP contribution >= 0.6 is 0 Å². The van der Waals surface area contributed by atoms with Crippen molar-refractivity contribution < 1.29 is 9.59 Å². The Hall–Kier alpha value is -2.32. The maximum absolute atomic E-state index is 12.4. The van der Waals surface area contributed by atoms with Crippen molar-refractivity contribution in [2.45, 2.75) is 13.5 Å². The molecular weight excluding hydrogens is 278 g/mol. The summed E-state index contributed by atoms with van der Waals surface area (Å²) < 4.78 is 0. The van der Waals surface area contributed by atoms with E-state index in [1.54, 1.807) is 6.92 Å². The van der Waals surface area contributed by atoms with E-state index in [4.69, 9.17) is 0 Å². The van der Waals surface area contributed by atoms with Gasteiger partial charge in [-0.1, -0.05) is 18.1 Å². The molecule has 5 nitrogen and oxygen atoms in total. The highest BCUT2D eigenvalue weighted by atomic mass is 16.2. The van der Waals surface area contributed by atoms with Crippen molar-refractivity contribution in [1.82, 2.24) is 15.1 Å². The van der Waals surface area contributed by atoms with Crippen LogP contribution in [0.5, 0.6) is 0 Å². The van der Waals surface area contributed by atoms with E-state index in [2.05, 4.69) is 29.1 Å². The number of likely N-dealkylation sites (N-methyl/N-ethyl adjacent to an activating group) is 1. The molecule has 0 radical (unpaired) electrons. The van der Waals surface area contributed by atoms with Gasteiger partial charge in [-0.25, -0.2) is 0 Å². The molecule has 0 aliphatic carbocycles. The third kappa shape index (κ3) is 4.34. The van der Waals surface area contributed by atoms with Crippen LogP contribution in [0.1, 0.15) is 22.8 Å². The molecule has 116 valence electrons. The first-order chi connectivity index (χ1) is 10.6. The van der Waals surface area contributed by atoms with Crippen molar-refractivity contribution in [3.63, 3.8) is 0 Å². The number of nitrogens with zero attached hydrogens (tertiary/aromatic N) is 2. The molecule has 5 heteroatoms. The van der Waals surface area contributed by atoms with Crippen molar-refractivity contribution in [3.05, 3.63) is 35.4 Å². The number of benzene rings is 1. The van der Waals surface area contributed by atoms with Crippen LogP contribution in [0.15, 0.2) is 24.3 Å². The molecule has 22 heavy (non-hydrogen) atoms. The number of carbonyl (C=O) groups excluding carboxylic acids is 2. The van der Waals surface area contributed by atoms with Crippen molar-refractivity contribution in [3.8, 4) is 11.8 Å². The average molecular weight is 299 g/mol. The fraction of sp³-hybridized carbons (Fsp3) is 0.412. The molecule has 1 heterocycles. The third-order valence-electron chi connectivity index (χ3n) is 3.68. The second kappa shape index (κ2) is 7.62. The lowest BCUT2D eigenvalue weighted by atomic mass is 10.1. The van der Waals surface area contributed by atoms with Crippen LogP contribution in [0.4, 0.5) is 0 Å². The number of piperazine rings is 1. The minimum Gasteiger partial charge on any atom is -0.341 e. The highest BCUT2D eigenvalue weighted by Gasteiger charge is 2.20. The fourth-order valence-corrected chi connectivity index (χ4v) is 2.30. The Bertz CT molecular complexity index is 591. The molecular formula is C17H21N3O2. The SMILES string of the molecule is CC#CC(=O)NCc1ccc(C(=O)N2CCN(C)CC2)cc1. The van der Waals surface area contributed by atoms with E-state index in [9.17, 15) is 9.59 Å². The summed E-state index contributed by atoms with van der Waals surface area (Å²) in [4.78, 5) is 27.8. The van der Waals surface area contributed by atoms with Gasteiger partial charge < -0.3 is 15.1 Å². The molecule has 0 saturated carbocycles. The summed E-state index contributed by atoms with van der Waals surface area (Å²) >= 11 is 0. The average Bonchev–Trinajstić information content (AvgIpc) is 2.54. The smallest absolute Gasteiger partial charge is 0.296 e. The van der Waals surface area contributed by atoms with Crippen LogP contribution < -0.4 is 5.32 Å². The van der Waals surface area contributed by atoms with Gasteiger partial charge in [-0.2, -0.15) is 0 Å². The summed E-state index contributed by atoms with van der Waals surface area (Å²) in [7, 11) is 2.06. The standard InChI is InChI=1S/C17H21N3O2/c1-3-4-16(21)18-13-14-5-7-15(8-6-14)17(22)20-11-9-19(2)10-12-20/h5-8H,9-13H2,1-2H3,(H,18,21). The van der Waals surface area contributed by atoms with E-state index in [0.717, 1.165) is 31.7 Å². The first-order valence-electron chi connectivity index (χ1n) is 7.37. The zero-order valence-corrected chi connectivity index (χ0v) is 13.1. The summed E-state index contributed by atoms with van der Waals surface area (Å²) in [5.74, 6) is 4.76. The van der Waals surface area contributed by atoms with Crippen LogP contribution in [0, 0.1) is 11.8 Å². The number of hydrogen-bond acceptors (Lipinski definition) is 3. The molecule has 2 rings (SSSR count). The summed E-state index contributed by atoms with van der Waals surface area (Å²) in [6.07, 6.45) is 0. The second-order valence-corrected chi connectivity index (χ2v) is 5.35. The van der Waals surface area contributed by atoms with Crippen molar-refractivity contribution in [1.29, 1.82) is 0 Å². The van der Waals surface area contributed by atoms with Gasteiger partial charge in [0.1, 0.15) is 0 Å². The highest BCUT2D eigenvalue weighted by Crippen LogP contribution is 2.10. The van der Waals surface area contributed by atoms with Gasteiger partial charge >= 0.3 is 0 Å². The fourth-order valence-electron chi connectivity index (χ4n) is 2.30. The topological polar surface area (TPSA) is 52.7 Å². The van der Waals surface area contributed by atoms with Gasteiger partial charge in [0.2, 0.25) is 0 Å². The van der Waals surface area contributed by atoms with Crippen LogP contribution in [-0.2, 0) is 11.3 Å². The molecule has 1 aliphatic rings. The Kier molecular flexibility index (Phi) is 5.56. The number of carbonyl (C=O) groups is 2. The molecule has 0 spiro atoms. The number of amides is 2. The maximum Gasteiger partial charge on any atom is 0.296 e. The van der Waals surface area contributed by atoms with Gasteiger partial charge in [-0.3, -0.25) is 9.59 Å². The Balaban J connectivity index is 1.92. The van der Waals surface area contributed by atoms with E-state index < -0.39 is 0 Å². The Labute approximate surface area is 131 Å². The van der Waals surface area contributed by atoms with Crippen LogP contribution in [0.3, 0.4) is 0 Å². The van der Waals surface area contributed by atoms with Crippen LogP contribution in [-0.4, -0.2) is 54.8 Å². The monoisotopic (exact) mass is 299 g/mol. The molecule has 1 saturated heterocycles. The number of rotatable bonds is 3. The largest absolute Gasteiger partial charge is 0.341 e. The first-order valence-corrected chi connectivity index (χ1v) is 7.37. The van der Waals surface area contributed by atoms with Crippen molar-refractivity contribution in [2.75, 3.05) is 33.2 Å². The summed E-state index contributed by atoms with van der Waals surface area (Å²) in [5, 5.41) is 2.70. The van der Waals surface area contributed by atoms with Gasteiger partial charge in [-0.15, -0.1) is 0 Å². The third-order valence-corrected chi connectivity index (χ3v) is 3.68. The maximum atomic E-state index is 12.4. The highest BCUT2D eigenvalue weighted by molar-refractivity contribution is 5.94. The van der Waals surface area contributed by atoms with E-state index in [1.165, 1.54) is 0 Å². The molecule has 1 fully saturated rings. The molecule has 0 aromatic heterocycles. The lowest BCUT2D eigenvalue weighted by Crippen LogP contribution is -2.47. The normalized spacial score (nSPS) is 14.9. The van der Waals surface area contributed by atoms with Crippen LogP contribution in [0.2, 0.25) is 0 Å². The van der Waals surface area contributed by atoms with E-state index in [0.29, 0.717) is 12.1 Å². The van der Waals surface area contributed by atoms with Crippen molar-refractivity contribution >= 4 is 11.8 Å². The van der Waals surface area contributed by atoms with E-state index >= 15 is 0 Å². The Morgan fingerprint density at radius 1 is 1.14 bits per heavy atom. The van der Waals surface area contributed by atoms with Gasteiger partial charge in [0.25, 0.3) is 11.8 Å². The summed E-state index contributed by atoms with van der Waals surface area (Å²) in [5.41, 5.74) is 1.63. The molecule has 0 unspecified atom stereocenters.